The highest BCUT2D eigenvalue weighted by Gasteiger charge is 2.29. The highest BCUT2D eigenvalue weighted by Crippen LogP contribution is 2.52. The molecule has 0 fully saturated rings. The summed E-state index contributed by atoms with van der Waals surface area (Å²) < 4.78 is 18.2. The van der Waals surface area contributed by atoms with Gasteiger partial charge in [-0.2, -0.15) is 0 Å². The highest BCUT2D eigenvalue weighted by atomic mass is 16.3. The Balaban J connectivity index is 0.722. The Hall–Kier alpha value is -14.1. The zero-order chi connectivity index (χ0) is 67.6. The van der Waals surface area contributed by atoms with E-state index in [1.807, 2.05) is 12.1 Å². The third-order valence-electron chi connectivity index (χ3n) is 22.4. The van der Waals surface area contributed by atoms with E-state index in [0.29, 0.717) is 11.9 Å². The van der Waals surface area contributed by atoms with Gasteiger partial charge in [0, 0.05) is 87.2 Å². The summed E-state index contributed by atoms with van der Waals surface area (Å²) in [4.78, 5) is 22.8. The van der Waals surface area contributed by atoms with Crippen molar-refractivity contribution in [1.82, 2.24) is 29.1 Å². The Morgan fingerprint density at radius 1 is 0.202 bits per heavy atom. The van der Waals surface area contributed by atoms with Crippen LogP contribution in [0, 0.1) is 0 Å². The van der Waals surface area contributed by atoms with Crippen LogP contribution in [0.25, 0.3) is 241 Å². The van der Waals surface area contributed by atoms with Crippen LogP contribution in [0.3, 0.4) is 0 Å². The van der Waals surface area contributed by atoms with E-state index < -0.39 is 0 Å². The van der Waals surface area contributed by atoms with Crippen LogP contribution in [0.1, 0.15) is 0 Å². The van der Waals surface area contributed by atoms with Crippen LogP contribution in [0.15, 0.2) is 324 Å². The van der Waals surface area contributed by atoms with Gasteiger partial charge in [-0.15, -0.1) is 0 Å². The van der Waals surface area contributed by atoms with E-state index in [4.69, 9.17) is 28.8 Å². The molecule has 0 unspecified atom stereocenters. The summed E-state index contributed by atoms with van der Waals surface area (Å²) in [6.45, 7) is 0. The molecule has 24 aromatic rings. The number of hydrogen-bond acceptors (Lipinski definition) is 6. The van der Waals surface area contributed by atoms with Gasteiger partial charge in [-0.3, -0.25) is 9.13 Å². The number of benzene rings is 18. The summed E-state index contributed by atoms with van der Waals surface area (Å²) >= 11 is 0. The van der Waals surface area contributed by atoms with Gasteiger partial charge < -0.3 is 8.83 Å². The molecule has 18 aromatic carbocycles. The van der Waals surface area contributed by atoms with Crippen LogP contribution in [0.2, 0.25) is 0 Å². The molecule has 0 spiro atoms. The standard InChI is InChI=1S/C96H52N6O2/c1-3-23-53(24-4-1)90-71-46-48-81-85(70-39-19-22-42-79(70)103-81)92(71)100-96(98-90)102-78-41-21-18-38-69(78)89-87-65-45-43-55(49-72(65)59-29-9-11-31-61(59)84(87)64-34-14-16-36-67(64)94(89)102)56-44-47-80-73(50-56)74-51-75-76(52-82(74)104-80)97-95(99-91(75)54-25-5-2-6-26-54)101-77-40-20-17-37-68(77)88-86-62-32-12-8-28-58(62)57-27-7-10-30-60(57)83(86)63-33-13-15-35-66(63)93(88)101/h1-52H. The van der Waals surface area contributed by atoms with Gasteiger partial charge in [0.2, 0.25) is 11.9 Å². The van der Waals surface area contributed by atoms with Crippen molar-refractivity contribution in [3.8, 4) is 45.5 Å². The van der Waals surface area contributed by atoms with Crippen LogP contribution in [-0.4, -0.2) is 29.1 Å². The van der Waals surface area contributed by atoms with Gasteiger partial charge in [0.25, 0.3) is 0 Å². The fourth-order valence-corrected chi connectivity index (χ4v) is 18.1. The maximum atomic E-state index is 6.97. The first-order chi connectivity index (χ1) is 51.6. The number of hydrogen-bond donors (Lipinski definition) is 0. The predicted molar refractivity (Wildman–Crippen MR) is 432 cm³/mol. The van der Waals surface area contributed by atoms with Crippen molar-refractivity contribution >= 4 is 195 Å². The molecule has 0 radical (unpaired) electrons. The Kier molecular flexibility index (Phi) is 11.1. The zero-order valence-electron chi connectivity index (χ0n) is 55.5. The Bertz CT molecular complexity index is 7980. The lowest BCUT2D eigenvalue weighted by molar-refractivity contribution is 0.669. The molecule has 0 saturated heterocycles. The molecule has 0 saturated carbocycles. The molecular formula is C96H52N6O2. The molecule has 6 heterocycles. The fourth-order valence-electron chi connectivity index (χ4n) is 18.1. The van der Waals surface area contributed by atoms with Gasteiger partial charge in [-0.25, -0.2) is 19.9 Å². The number of furan rings is 2. The van der Waals surface area contributed by atoms with E-state index >= 15 is 0 Å². The molecule has 0 atom stereocenters. The van der Waals surface area contributed by atoms with Crippen LogP contribution in [0.4, 0.5) is 0 Å². The molecule has 8 nitrogen and oxygen atoms in total. The highest BCUT2D eigenvalue weighted by molar-refractivity contribution is 6.45. The van der Waals surface area contributed by atoms with E-state index in [1.165, 1.54) is 64.6 Å². The summed E-state index contributed by atoms with van der Waals surface area (Å²) in [5.74, 6) is 1.18. The lowest BCUT2D eigenvalue weighted by Crippen LogP contribution is -2.04. The van der Waals surface area contributed by atoms with Gasteiger partial charge in [0.05, 0.1) is 49.9 Å². The van der Waals surface area contributed by atoms with E-state index in [9.17, 15) is 0 Å². The quantitative estimate of drug-likeness (QED) is 0.160. The Morgan fingerprint density at radius 3 is 1.18 bits per heavy atom. The van der Waals surface area contributed by atoms with Crippen molar-refractivity contribution in [2.75, 3.05) is 0 Å². The Labute approximate surface area is 590 Å². The van der Waals surface area contributed by atoms with E-state index in [2.05, 4.69) is 312 Å². The number of aromatic nitrogens is 6. The average molecular weight is 1320 g/mol. The first-order valence-electron chi connectivity index (χ1n) is 35.4. The van der Waals surface area contributed by atoms with E-state index in [0.717, 1.165) is 164 Å². The van der Waals surface area contributed by atoms with Crippen LogP contribution in [-0.2, 0) is 0 Å². The fraction of sp³-hybridized carbons (Fsp3) is 0. The maximum absolute atomic E-state index is 6.97. The molecule has 104 heavy (non-hydrogen) atoms. The molecule has 0 aliphatic rings. The number of rotatable bonds is 5. The molecule has 24 rings (SSSR count). The number of fused-ring (bicyclic) bond motifs is 35. The van der Waals surface area contributed by atoms with Crippen LogP contribution >= 0.6 is 0 Å². The van der Waals surface area contributed by atoms with Crippen LogP contribution < -0.4 is 0 Å². The second-order valence-corrected chi connectivity index (χ2v) is 27.7. The third-order valence-corrected chi connectivity index (χ3v) is 22.4. The van der Waals surface area contributed by atoms with Gasteiger partial charge in [-0.05, 0) is 130 Å². The molecule has 0 aliphatic carbocycles. The van der Waals surface area contributed by atoms with Crippen molar-refractivity contribution in [3.63, 3.8) is 0 Å². The molecule has 478 valence electrons. The van der Waals surface area contributed by atoms with Gasteiger partial charge in [-0.1, -0.05) is 255 Å². The number of para-hydroxylation sites is 3. The summed E-state index contributed by atoms with van der Waals surface area (Å²) in [5, 5.41) is 29.6. The summed E-state index contributed by atoms with van der Waals surface area (Å²) in [6, 6.07) is 114. The van der Waals surface area contributed by atoms with Crippen LogP contribution in [0.5, 0.6) is 0 Å². The largest absolute Gasteiger partial charge is 0.456 e. The van der Waals surface area contributed by atoms with Gasteiger partial charge in [0.15, 0.2) is 0 Å². The second kappa shape index (κ2) is 20.8. The van der Waals surface area contributed by atoms with E-state index in [1.54, 1.807) is 0 Å². The first-order valence-corrected chi connectivity index (χ1v) is 35.4. The molecular weight excluding hydrogens is 1270 g/mol. The molecule has 0 amide bonds. The van der Waals surface area contributed by atoms with Crippen molar-refractivity contribution < 1.29 is 8.83 Å². The normalized spacial score (nSPS) is 12.4. The topological polar surface area (TPSA) is 87.7 Å². The van der Waals surface area contributed by atoms with Gasteiger partial charge >= 0.3 is 0 Å². The van der Waals surface area contributed by atoms with Crippen molar-refractivity contribution in [1.29, 1.82) is 0 Å². The summed E-state index contributed by atoms with van der Waals surface area (Å²) in [7, 11) is 0. The minimum atomic E-state index is 0.589. The minimum absolute atomic E-state index is 0.589. The first kappa shape index (κ1) is 55.8. The zero-order valence-corrected chi connectivity index (χ0v) is 55.5. The smallest absolute Gasteiger partial charge is 0.235 e. The lowest BCUT2D eigenvalue weighted by atomic mass is 9.87. The summed E-state index contributed by atoms with van der Waals surface area (Å²) in [5.41, 5.74) is 14.9. The SMILES string of the molecule is c1ccc(-c2nc(-n3c4ccccc4c4c5c6ccccc6c6ccccc6c5c5ccccc5c43)nc3cc4oc5ccc(-c6ccc7c(c6)c6ccccc6c6c8ccccc8c8c(c9ccccc9n8-c8nc(-c9ccccc9)c9ccc%10oc%11ccccc%11c%10c9n8)c76)cc5c4cc23)cc1. The van der Waals surface area contributed by atoms with Crippen molar-refractivity contribution in [2.24, 2.45) is 0 Å². The molecule has 0 N–H and O–H groups in total. The predicted octanol–water partition coefficient (Wildman–Crippen LogP) is 25.8. The minimum Gasteiger partial charge on any atom is -0.456 e. The molecule has 0 bridgehead atoms. The monoisotopic (exact) mass is 1320 g/mol. The van der Waals surface area contributed by atoms with E-state index in [-0.39, 0.29) is 0 Å². The number of nitrogens with zero attached hydrogens (tertiary/aromatic N) is 6. The summed E-state index contributed by atoms with van der Waals surface area (Å²) in [6.07, 6.45) is 0. The third kappa shape index (κ3) is 7.53. The molecule has 0 aliphatic heterocycles. The van der Waals surface area contributed by atoms with Crippen molar-refractivity contribution in [3.05, 3.63) is 315 Å². The second-order valence-electron chi connectivity index (χ2n) is 27.7. The average Bonchev–Trinajstić information content (AvgIpc) is 1.57. The Morgan fingerprint density at radius 2 is 0.596 bits per heavy atom. The van der Waals surface area contributed by atoms with Crippen molar-refractivity contribution in [2.45, 2.75) is 0 Å². The molecule has 6 aromatic heterocycles. The molecule has 8 heteroatoms. The lowest BCUT2D eigenvalue weighted by Gasteiger charge is -2.17. The maximum Gasteiger partial charge on any atom is 0.235 e. The van der Waals surface area contributed by atoms with Gasteiger partial charge in [0.1, 0.15) is 22.3 Å².